The van der Waals surface area contributed by atoms with Gasteiger partial charge in [0.05, 0.1) is 18.8 Å². The lowest BCUT2D eigenvalue weighted by atomic mass is 9.95. The number of aryl methyl sites for hydroxylation is 2. The van der Waals surface area contributed by atoms with Crippen molar-refractivity contribution in [2.75, 3.05) is 19.8 Å². The second kappa shape index (κ2) is 6.67. The molecule has 2 aliphatic rings. The standard InChI is InChI=1S/C19H26N4O2/c1-3-23-10-16-15(13-25-12-14-6-7-14)9-22(11-17(16)20-23)19(24)18-5-4-8-21(18)2/h4-5,8,10,14-15H,3,6-7,9,11-13H2,1-2H3. The van der Waals surface area contributed by atoms with Gasteiger partial charge >= 0.3 is 0 Å². The van der Waals surface area contributed by atoms with E-state index in [1.54, 1.807) is 0 Å². The Labute approximate surface area is 148 Å². The van der Waals surface area contributed by atoms with E-state index in [1.165, 1.54) is 18.4 Å². The van der Waals surface area contributed by atoms with E-state index in [4.69, 9.17) is 4.74 Å². The van der Waals surface area contributed by atoms with Crippen LogP contribution in [0, 0.1) is 5.92 Å². The first-order chi connectivity index (χ1) is 12.2. The summed E-state index contributed by atoms with van der Waals surface area (Å²) < 4.78 is 9.80. The molecule has 1 unspecified atom stereocenters. The molecule has 1 aliphatic heterocycles. The number of amides is 1. The summed E-state index contributed by atoms with van der Waals surface area (Å²) in [6.45, 7) is 5.70. The Morgan fingerprint density at radius 2 is 2.20 bits per heavy atom. The Morgan fingerprint density at radius 3 is 2.88 bits per heavy atom. The number of aromatic nitrogens is 3. The lowest BCUT2D eigenvalue weighted by molar-refractivity contribution is 0.0618. The molecule has 1 amide bonds. The van der Waals surface area contributed by atoms with Crippen molar-refractivity contribution in [3.05, 3.63) is 41.5 Å². The Bertz CT molecular complexity index is 759. The highest BCUT2D eigenvalue weighted by Gasteiger charge is 2.32. The third kappa shape index (κ3) is 3.35. The van der Waals surface area contributed by atoms with E-state index >= 15 is 0 Å². The van der Waals surface area contributed by atoms with Gasteiger partial charge in [0.1, 0.15) is 5.69 Å². The van der Waals surface area contributed by atoms with Gasteiger partial charge in [-0.3, -0.25) is 9.48 Å². The summed E-state index contributed by atoms with van der Waals surface area (Å²) in [6, 6.07) is 3.78. The normalized spacial score (nSPS) is 19.9. The Balaban J connectivity index is 1.53. The summed E-state index contributed by atoms with van der Waals surface area (Å²) in [5, 5.41) is 4.67. The highest BCUT2D eigenvalue weighted by molar-refractivity contribution is 5.92. The minimum Gasteiger partial charge on any atom is -0.380 e. The van der Waals surface area contributed by atoms with Crippen LogP contribution in [0.1, 0.15) is 47.4 Å². The first-order valence-electron chi connectivity index (χ1n) is 9.20. The lowest BCUT2D eigenvalue weighted by Crippen LogP contribution is -2.40. The van der Waals surface area contributed by atoms with Gasteiger partial charge in [-0.25, -0.2) is 0 Å². The molecular weight excluding hydrogens is 316 g/mol. The lowest BCUT2D eigenvalue weighted by Gasteiger charge is -2.32. The zero-order valence-corrected chi connectivity index (χ0v) is 15.0. The fourth-order valence-electron chi connectivity index (χ4n) is 3.52. The third-order valence-electron chi connectivity index (χ3n) is 5.24. The minimum absolute atomic E-state index is 0.0661. The average Bonchev–Trinajstić information content (AvgIpc) is 3.17. The highest BCUT2D eigenvalue weighted by Crippen LogP contribution is 2.32. The van der Waals surface area contributed by atoms with Gasteiger partial charge in [0, 0.05) is 50.6 Å². The van der Waals surface area contributed by atoms with Gasteiger partial charge in [-0.05, 0) is 37.8 Å². The fourth-order valence-corrected chi connectivity index (χ4v) is 3.52. The molecular formula is C19H26N4O2. The van der Waals surface area contributed by atoms with Crippen molar-refractivity contribution in [3.8, 4) is 0 Å². The monoisotopic (exact) mass is 342 g/mol. The molecule has 4 rings (SSSR count). The van der Waals surface area contributed by atoms with E-state index in [2.05, 4.69) is 18.2 Å². The van der Waals surface area contributed by atoms with Crippen LogP contribution in [-0.2, 0) is 24.9 Å². The molecule has 1 aliphatic carbocycles. The molecule has 2 aromatic rings. The number of nitrogens with zero attached hydrogens (tertiary/aromatic N) is 4. The first-order valence-corrected chi connectivity index (χ1v) is 9.20. The molecule has 6 nitrogen and oxygen atoms in total. The van der Waals surface area contributed by atoms with Crippen LogP contribution < -0.4 is 0 Å². The van der Waals surface area contributed by atoms with Crippen LogP contribution >= 0.6 is 0 Å². The smallest absolute Gasteiger partial charge is 0.270 e. The average molecular weight is 342 g/mol. The summed E-state index contributed by atoms with van der Waals surface area (Å²) in [4.78, 5) is 14.8. The number of hydrogen-bond donors (Lipinski definition) is 0. The van der Waals surface area contributed by atoms with Gasteiger partial charge < -0.3 is 14.2 Å². The van der Waals surface area contributed by atoms with Crippen LogP contribution in [-0.4, -0.2) is 44.9 Å². The number of carbonyl (C=O) groups is 1. The van der Waals surface area contributed by atoms with Gasteiger partial charge in [-0.15, -0.1) is 0 Å². The van der Waals surface area contributed by atoms with E-state index in [-0.39, 0.29) is 11.8 Å². The molecule has 1 fully saturated rings. The van der Waals surface area contributed by atoms with Crippen LogP contribution in [0.3, 0.4) is 0 Å². The number of rotatable bonds is 6. The molecule has 6 heteroatoms. The maximum absolute atomic E-state index is 12.9. The van der Waals surface area contributed by atoms with E-state index in [0.29, 0.717) is 19.7 Å². The maximum Gasteiger partial charge on any atom is 0.270 e. The van der Waals surface area contributed by atoms with Gasteiger partial charge in [0.25, 0.3) is 5.91 Å². The summed E-state index contributed by atoms with van der Waals surface area (Å²) in [7, 11) is 1.91. The van der Waals surface area contributed by atoms with Crippen molar-refractivity contribution in [2.45, 2.75) is 38.8 Å². The van der Waals surface area contributed by atoms with E-state index in [1.807, 2.05) is 39.5 Å². The molecule has 25 heavy (non-hydrogen) atoms. The first kappa shape index (κ1) is 16.4. The Morgan fingerprint density at radius 1 is 1.36 bits per heavy atom. The maximum atomic E-state index is 12.9. The van der Waals surface area contributed by atoms with Crippen LogP contribution in [0.15, 0.2) is 24.5 Å². The van der Waals surface area contributed by atoms with Crippen LogP contribution in [0.25, 0.3) is 0 Å². The molecule has 0 bridgehead atoms. The molecule has 0 spiro atoms. The number of fused-ring (bicyclic) bond motifs is 1. The molecule has 0 radical (unpaired) electrons. The number of hydrogen-bond acceptors (Lipinski definition) is 3. The zero-order chi connectivity index (χ0) is 17.4. The zero-order valence-electron chi connectivity index (χ0n) is 15.0. The van der Waals surface area contributed by atoms with Gasteiger partial charge in [0.15, 0.2) is 0 Å². The minimum atomic E-state index is 0.0661. The predicted molar refractivity (Wildman–Crippen MR) is 94.3 cm³/mol. The molecule has 1 saturated carbocycles. The van der Waals surface area contributed by atoms with Crippen molar-refractivity contribution in [1.29, 1.82) is 0 Å². The van der Waals surface area contributed by atoms with Crippen molar-refractivity contribution < 1.29 is 9.53 Å². The Hall–Kier alpha value is -2.08. The van der Waals surface area contributed by atoms with Crippen LogP contribution in [0.2, 0.25) is 0 Å². The second-order valence-corrected chi connectivity index (χ2v) is 7.25. The molecule has 134 valence electrons. The molecule has 3 heterocycles. The largest absolute Gasteiger partial charge is 0.380 e. The van der Waals surface area contributed by atoms with Crippen molar-refractivity contribution >= 4 is 5.91 Å². The molecule has 2 aromatic heterocycles. The van der Waals surface area contributed by atoms with Crippen molar-refractivity contribution in [2.24, 2.45) is 13.0 Å². The van der Waals surface area contributed by atoms with E-state index in [9.17, 15) is 4.79 Å². The number of carbonyl (C=O) groups excluding carboxylic acids is 1. The predicted octanol–water partition coefficient (Wildman–Crippen LogP) is 2.41. The molecule has 0 aromatic carbocycles. The van der Waals surface area contributed by atoms with Crippen LogP contribution in [0.4, 0.5) is 0 Å². The summed E-state index contributed by atoms with van der Waals surface area (Å²) in [5.74, 6) is 1.02. The summed E-state index contributed by atoms with van der Waals surface area (Å²) >= 11 is 0. The highest BCUT2D eigenvalue weighted by atomic mass is 16.5. The summed E-state index contributed by atoms with van der Waals surface area (Å²) in [6.07, 6.45) is 6.62. The van der Waals surface area contributed by atoms with E-state index in [0.717, 1.165) is 30.5 Å². The SMILES string of the molecule is CCn1cc2c(n1)CN(C(=O)c1cccn1C)CC2COCC1CC1. The van der Waals surface area contributed by atoms with Gasteiger partial charge in [-0.1, -0.05) is 0 Å². The molecule has 1 atom stereocenters. The van der Waals surface area contributed by atoms with Crippen LogP contribution in [0.5, 0.6) is 0 Å². The van der Waals surface area contributed by atoms with E-state index < -0.39 is 0 Å². The van der Waals surface area contributed by atoms with Gasteiger partial charge in [-0.2, -0.15) is 5.10 Å². The van der Waals surface area contributed by atoms with Gasteiger partial charge in [0.2, 0.25) is 0 Å². The Kier molecular flexibility index (Phi) is 4.37. The fraction of sp³-hybridized carbons (Fsp3) is 0.579. The topological polar surface area (TPSA) is 52.3 Å². The van der Waals surface area contributed by atoms with Crippen molar-refractivity contribution in [3.63, 3.8) is 0 Å². The van der Waals surface area contributed by atoms with Crippen molar-refractivity contribution in [1.82, 2.24) is 19.2 Å². The second-order valence-electron chi connectivity index (χ2n) is 7.25. The molecule has 0 saturated heterocycles. The number of ether oxygens (including phenoxy) is 1. The third-order valence-corrected chi connectivity index (χ3v) is 5.24. The summed E-state index contributed by atoms with van der Waals surface area (Å²) in [5.41, 5.74) is 2.97. The quantitative estimate of drug-likeness (QED) is 0.810. The molecule has 0 N–H and O–H groups in total.